The van der Waals surface area contributed by atoms with Crippen LogP contribution in [0.5, 0.6) is 11.5 Å². The van der Waals surface area contributed by atoms with Gasteiger partial charge in [0.15, 0.2) is 11.5 Å². The van der Waals surface area contributed by atoms with Crippen molar-refractivity contribution in [1.82, 2.24) is 10.4 Å². The van der Waals surface area contributed by atoms with Crippen LogP contribution in [-0.4, -0.2) is 46.3 Å². The lowest BCUT2D eigenvalue weighted by Gasteiger charge is -2.24. The smallest absolute Gasteiger partial charge is 0.264 e. The first kappa shape index (κ1) is 22.8. The number of rotatable bonds is 9. The number of methoxy groups -OCH3 is 2. The van der Waals surface area contributed by atoms with Gasteiger partial charge in [0, 0.05) is 24.0 Å². The highest BCUT2D eigenvalue weighted by Crippen LogP contribution is 2.32. The zero-order valence-corrected chi connectivity index (χ0v) is 18.3. The molecule has 32 heavy (non-hydrogen) atoms. The largest absolute Gasteiger partial charge is 0.493 e. The van der Waals surface area contributed by atoms with E-state index in [-0.39, 0.29) is 10.6 Å². The van der Waals surface area contributed by atoms with Crippen molar-refractivity contribution in [3.63, 3.8) is 0 Å². The number of hydrogen-bond donors (Lipinski definition) is 1. The fourth-order valence-electron chi connectivity index (χ4n) is 2.81. The maximum absolute atomic E-state index is 13.4. The van der Waals surface area contributed by atoms with Crippen LogP contribution in [0.4, 0.5) is 5.69 Å². The van der Waals surface area contributed by atoms with Gasteiger partial charge in [0.25, 0.3) is 15.9 Å². The topological polar surface area (TPSA) is 110 Å². The molecule has 0 unspecified atom stereocenters. The number of pyridine rings is 1. The third-order valence-electron chi connectivity index (χ3n) is 4.36. The highest BCUT2D eigenvalue weighted by Gasteiger charge is 2.28. The number of hydrogen-bond acceptors (Lipinski definition) is 7. The number of carbonyl (C=O) groups is 1. The highest BCUT2D eigenvalue weighted by atomic mass is 32.2. The molecule has 9 nitrogen and oxygen atoms in total. The summed E-state index contributed by atoms with van der Waals surface area (Å²) in [5.74, 6) is 0.0327. The molecule has 166 valence electrons. The molecule has 2 aromatic carbocycles. The summed E-state index contributed by atoms with van der Waals surface area (Å²) in [4.78, 5) is 16.4. The summed E-state index contributed by atoms with van der Waals surface area (Å²) in [6, 6.07) is 16.1. The summed E-state index contributed by atoms with van der Waals surface area (Å²) < 4.78 is 38.3. The van der Waals surface area contributed by atoms with E-state index in [2.05, 4.69) is 15.5 Å². The number of benzene rings is 2. The van der Waals surface area contributed by atoms with Crippen LogP contribution in [0.2, 0.25) is 0 Å². The van der Waals surface area contributed by atoms with Crippen LogP contribution in [0.15, 0.2) is 83.1 Å². The van der Waals surface area contributed by atoms with E-state index in [1.807, 2.05) is 0 Å². The molecule has 0 atom stereocenters. The Morgan fingerprint density at radius 3 is 2.47 bits per heavy atom. The Labute approximate surface area is 186 Å². The average Bonchev–Trinajstić information content (AvgIpc) is 2.83. The molecule has 0 aliphatic heterocycles. The van der Waals surface area contributed by atoms with Gasteiger partial charge in [-0.05, 0) is 30.3 Å². The minimum absolute atomic E-state index is 0.0503. The van der Waals surface area contributed by atoms with Crippen molar-refractivity contribution < 1.29 is 22.7 Å². The standard InChI is InChI=1S/C22H22N4O5S/c1-30-20-11-10-19(13-21(20)31-2)32(28,29)26(18-8-4-3-5-9-18)16-22(27)25-24-15-17-7-6-12-23-14-17/h3-15H,16H2,1-2H3,(H,25,27)/b24-15-. The molecule has 0 saturated carbocycles. The molecular weight excluding hydrogens is 432 g/mol. The Kier molecular flexibility index (Phi) is 7.40. The third-order valence-corrected chi connectivity index (χ3v) is 6.13. The van der Waals surface area contributed by atoms with E-state index in [0.29, 0.717) is 17.0 Å². The van der Waals surface area contributed by atoms with Gasteiger partial charge in [-0.25, -0.2) is 13.8 Å². The lowest BCUT2D eigenvalue weighted by molar-refractivity contribution is -0.119. The average molecular weight is 455 g/mol. The van der Waals surface area contributed by atoms with Gasteiger partial charge in [0.1, 0.15) is 6.54 Å². The minimum atomic E-state index is -4.11. The Bertz CT molecular complexity index is 1190. The number of aromatic nitrogens is 1. The Hall–Kier alpha value is -3.92. The maximum atomic E-state index is 13.4. The number of amides is 1. The molecule has 0 radical (unpaired) electrons. The fourth-order valence-corrected chi connectivity index (χ4v) is 4.25. The predicted molar refractivity (Wildman–Crippen MR) is 120 cm³/mol. The SMILES string of the molecule is COc1ccc(S(=O)(=O)N(CC(=O)N/N=C\c2cccnc2)c2ccccc2)cc1OC. The molecule has 1 N–H and O–H groups in total. The first-order valence-electron chi connectivity index (χ1n) is 9.47. The lowest BCUT2D eigenvalue weighted by atomic mass is 10.3. The highest BCUT2D eigenvalue weighted by molar-refractivity contribution is 7.92. The van der Waals surface area contributed by atoms with Crippen LogP contribution in [0.3, 0.4) is 0 Å². The van der Waals surface area contributed by atoms with Gasteiger partial charge in [0.2, 0.25) is 0 Å². The maximum Gasteiger partial charge on any atom is 0.264 e. The molecule has 1 aromatic heterocycles. The molecule has 0 bridgehead atoms. The van der Waals surface area contributed by atoms with E-state index in [9.17, 15) is 13.2 Å². The summed E-state index contributed by atoms with van der Waals surface area (Å²) in [5, 5.41) is 3.87. The molecule has 0 saturated heterocycles. The molecule has 3 aromatic rings. The number of carbonyl (C=O) groups excluding carboxylic acids is 1. The second-order valence-electron chi connectivity index (χ2n) is 6.44. The van der Waals surface area contributed by atoms with Crippen LogP contribution in [0, 0.1) is 0 Å². The van der Waals surface area contributed by atoms with Crippen molar-refractivity contribution in [2.75, 3.05) is 25.1 Å². The second-order valence-corrected chi connectivity index (χ2v) is 8.31. The summed E-state index contributed by atoms with van der Waals surface area (Å²) >= 11 is 0. The molecule has 3 rings (SSSR count). The van der Waals surface area contributed by atoms with E-state index in [0.717, 1.165) is 4.31 Å². The molecule has 0 aliphatic rings. The van der Waals surface area contributed by atoms with E-state index < -0.39 is 22.5 Å². The van der Waals surface area contributed by atoms with Crippen molar-refractivity contribution in [2.45, 2.75) is 4.90 Å². The number of nitrogens with zero attached hydrogens (tertiary/aromatic N) is 3. The normalized spacial score (nSPS) is 11.2. The van der Waals surface area contributed by atoms with Gasteiger partial charge < -0.3 is 9.47 Å². The summed E-state index contributed by atoms with van der Waals surface area (Å²) in [6.07, 6.45) is 4.61. The van der Waals surface area contributed by atoms with Gasteiger partial charge in [-0.2, -0.15) is 5.10 Å². The predicted octanol–water partition coefficient (Wildman–Crippen LogP) is 2.44. The zero-order valence-electron chi connectivity index (χ0n) is 17.5. The van der Waals surface area contributed by atoms with Crippen molar-refractivity contribution in [3.05, 3.63) is 78.6 Å². The fraction of sp³-hybridized carbons (Fsp3) is 0.136. The van der Waals surface area contributed by atoms with Crippen LogP contribution >= 0.6 is 0 Å². The molecule has 1 amide bonds. The van der Waals surface area contributed by atoms with Gasteiger partial charge in [-0.1, -0.05) is 24.3 Å². The van der Waals surface area contributed by atoms with Gasteiger partial charge in [-0.3, -0.25) is 14.1 Å². The van der Waals surface area contributed by atoms with Crippen LogP contribution in [0.25, 0.3) is 0 Å². The molecule has 0 fully saturated rings. The Balaban J connectivity index is 1.87. The summed E-state index contributed by atoms with van der Waals surface area (Å²) in [6.45, 7) is -0.481. The van der Waals surface area contributed by atoms with Crippen LogP contribution in [0.1, 0.15) is 5.56 Å². The summed E-state index contributed by atoms with van der Waals surface area (Å²) in [7, 11) is -1.24. The van der Waals surface area contributed by atoms with Crippen LogP contribution < -0.4 is 19.2 Å². The lowest BCUT2D eigenvalue weighted by Crippen LogP contribution is -2.39. The second kappa shape index (κ2) is 10.4. The Morgan fingerprint density at radius 2 is 1.81 bits per heavy atom. The van der Waals surface area contributed by atoms with E-state index >= 15 is 0 Å². The van der Waals surface area contributed by atoms with E-state index in [1.165, 1.54) is 38.6 Å². The quantitative estimate of drug-likeness (QED) is 0.393. The van der Waals surface area contributed by atoms with E-state index in [4.69, 9.17) is 9.47 Å². The van der Waals surface area contributed by atoms with E-state index in [1.54, 1.807) is 54.9 Å². The van der Waals surface area contributed by atoms with Crippen molar-refractivity contribution >= 4 is 27.8 Å². The Morgan fingerprint density at radius 1 is 1.06 bits per heavy atom. The molecular formula is C22H22N4O5S. The van der Waals surface area contributed by atoms with Crippen LogP contribution in [-0.2, 0) is 14.8 Å². The number of para-hydroxylation sites is 1. The number of hydrazone groups is 1. The first-order valence-corrected chi connectivity index (χ1v) is 10.9. The minimum Gasteiger partial charge on any atom is -0.493 e. The molecule has 0 aliphatic carbocycles. The van der Waals surface area contributed by atoms with Crippen molar-refractivity contribution in [3.8, 4) is 11.5 Å². The number of anilines is 1. The molecule has 1 heterocycles. The molecule has 0 spiro atoms. The zero-order chi connectivity index (χ0) is 23.0. The van der Waals surface area contributed by atoms with Gasteiger partial charge in [-0.15, -0.1) is 0 Å². The number of nitrogens with one attached hydrogen (secondary N) is 1. The van der Waals surface area contributed by atoms with Crippen molar-refractivity contribution in [2.24, 2.45) is 5.10 Å². The van der Waals surface area contributed by atoms with Crippen molar-refractivity contribution in [1.29, 1.82) is 0 Å². The summed E-state index contributed by atoms with van der Waals surface area (Å²) in [5.41, 5.74) is 3.36. The third kappa shape index (κ3) is 5.41. The number of sulfonamides is 1. The monoisotopic (exact) mass is 454 g/mol. The number of ether oxygens (including phenoxy) is 2. The van der Waals surface area contributed by atoms with Gasteiger partial charge in [0.05, 0.1) is 31.0 Å². The van der Waals surface area contributed by atoms with Gasteiger partial charge >= 0.3 is 0 Å². The first-order chi connectivity index (χ1) is 15.5. The molecule has 10 heteroatoms.